The first-order valence-corrected chi connectivity index (χ1v) is 12.2. The molecule has 0 saturated carbocycles. The van der Waals surface area contributed by atoms with E-state index in [-0.39, 0.29) is 30.3 Å². The Hall–Kier alpha value is -3.22. The maximum Gasteiger partial charge on any atom is 0.325 e. The summed E-state index contributed by atoms with van der Waals surface area (Å²) in [5.74, 6) is 0.369. The van der Waals surface area contributed by atoms with E-state index in [2.05, 4.69) is 24.1 Å². The quantitative estimate of drug-likeness (QED) is 0.605. The van der Waals surface area contributed by atoms with E-state index in [1.807, 2.05) is 53.4 Å². The maximum absolute atomic E-state index is 13.7. The van der Waals surface area contributed by atoms with E-state index in [1.165, 1.54) is 4.90 Å². The minimum atomic E-state index is -0.912. The third kappa shape index (κ3) is 5.13. The van der Waals surface area contributed by atoms with E-state index in [1.54, 1.807) is 6.20 Å². The van der Waals surface area contributed by atoms with Crippen LogP contribution in [-0.2, 0) is 22.6 Å². The summed E-state index contributed by atoms with van der Waals surface area (Å²) in [4.78, 5) is 47.1. The number of hydrogen-bond acceptors (Lipinski definition) is 4. The molecule has 2 aliphatic rings. The molecule has 3 heterocycles. The topological polar surface area (TPSA) is 82.6 Å². The molecule has 0 radical (unpaired) electrons. The Morgan fingerprint density at radius 2 is 1.79 bits per heavy atom. The number of rotatable bonds is 8. The van der Waals surface area contributed by atoms with Crippen molar-refractivity contribution >= 4 is 17.8 Å². The molecule has 1 atom stereocenters. The Labute approximate surface area is 201 Å². The van der Waals surface area contributed by atoms with E-state index in [0.717, 1.165) is 12.0 Å². The predicted molar refractivity (Wildman–Crippen MR) is 130 cm³/mol. The largest absolute Gasteiger partial charge is 0.342 e. The number of nitrogens with one attached hydrogen (secondary N) is 1. The number of hydrogen-bond donors (Lipinski definition) is 1. The van der Waals surface area contributed by atoms with Crippen LogP contribution < -0.4 is 5.32 Å². The van der Waals surface area contributed by atoms with Crippen LogP contribution in [0.1, 0.15) is 50.8 Å². The number of pyridine rings is 1. The third-order valence-corrected chi connectivity index (χ3v) is 7.11. The Balaban J connectivity index is 1.46. The molecule has 1 aromatic carbocycles. The molecule has 0 aliphatic carbocycles. The molecule has 4 amide bonds. The van der Waals surface area contributed by atoms with Crippen LogP contribution in [-0.4, -0.2) is 51.3 Å². The van der Waals surface area contributed by atoms with Gasteiger partial charge in [0.1, 0.15) is 5.54 Å². The fourth-order valence-electron chi connectivity index (χ4n) is 5.11. The lowest BCUT2D eigenvalue weighted by molar-refractivity contribution is -0.136. The molecule has 4 rings (SSSR count). The van der Waals surface area contributed by atoms with Gasteiger partial charge in [-0.25, -0.2) is 4.79 Å². The summed E-state index contributed by atoms with van der Waals surface area (Å²) in [5, 5.41) is 3.10. The second kappa shape index (κ2) is 10.4. The van der Waals surface area contributed by atoms with Crippen molar-refractivity contribution in [2.24, 2.45) is 11.8 Å². The molecule has 0 spiro atoms. The molecule has 34 heavy (non-hydrogen) atoms. The van der Waals surface area contributed by atoms with Crippen LogP contribution in [0.3, 0.4) is 0 Å². The summed E-state index contributed by atoms with van der Waals surface area (Å²) in [6.07, 6.45) is 4.90. The van der Waals surface area contributed by atoms with Crippen LogP contribution in [0.5, 0.6) is 0 Å². The first kappa shape index (κ1) is 23.9. The van der Waals surface area contributed by atoms with Crippen LogP contribution >= 0.6 is 0 Å². The Kier molecular flexibility index (Phi) is 7.29. The van der Waals surface area contributed by atoms with Crippen molar-refractivity contribution in [3.05, 3.63) is 66.0 Å². The molecule has 1 N–H and O–H groups in total. The fraction of sp³-hybridized carbons (Fsp3) is 0.481. The van der Waals surface area contributed by atoms with Crippen LogP contribution in [0, 0.1) is 11.8 Å². The lowest BCUT2D eigenvalue weighted by Crippen LogP contribution is -2.56. The van der Waals surface area contributed by atoms with Gasteiger partial charge in [-0.2, -0.15) is 0 Å². The van der Waals surface area contributed by atoms with Gasteiger partial charge in [-0.15, -0.1) is 0 Å². The highest BCUT2D eigenvalue weighted by molar-refractivity contribution is 6.07. The van der Waals surface area contributed by atoms with Gasteiger partial charge in [0, 0.05) is 19.3 Å². The van der Waals surface area contributed by atoms with Crippen molar-refractivity contribution in [3.63, 3.8) is 0 Å². The molecule has 2 aliphatic heterocycles. The molecular weight excluding hydrogens is 428 g/mol. The molecule has 2 aromatic rings. The van der Waals surface area contributed by atoms with Crippen molar-refractivity contribution in [1.82, 2.24) is 20.1 Å². The monoisotopic (exact) mass is 462 g/mol. The third-order valence-electron chi connectivity index (χ3n) is 7.11. The highest BCUT2D eigenvalue weighted by Gasteiger charge is 2.55. The van der Waals surface area contributed by atoms with E-state index < -0.39 is 5.54 Å². The number of aromatic nitrogens is 1. The van der Waals surface area contributed by atoms with E-state index in [4.69, 9.17) is 0 Å². The van der Waals surface area contributed by atoms with E-state index in [0.29, 0.717) is 50.4 Å². The highest BCUT2D eigenvalue weighted by Crippen LogP contribution is 2.38. The molecule has 1 unspecified atom stereocenters. The Bertz CT molecular complexity index is 1000. The summed E-state index contributed by atoms with van der Waals surface area (Å²) in [7, 11) is 0. The van der Waals surface area contributed by atoms with E-state index in [9.17, 15) is 14.4 Å². The number of benzene rings is 1. The van der Waals surface area contributed by atoms with E-state index >= 15 is 0 Å². The van der Waals surface area contributed by atoms with Crippen LogP contribution in [0.2, 0.25) is 0 Å². The average molecular weight is 463 g/mol. The second-order valence-electron chi connectivity index (χ2n) is 9.86. The van der Waals surface area contributed by atoms with Gasteiger partial charge in [-0.3, -0.25) is 19.5 Å². The maximum atomic E-state index is 13.7. The minimum absolute atomic E-state index is 0.00259. The summed E-state index contributed by atoms with van der Waals surface area (Å²) in [6.45, 7) is 5.63. The molecule has 7 heteroatoms. The zero-order valence-electron chi connectivity index (χ0n) is 20.1. The van der Waals surface area contributed by atoms with Crippen molar-refractivity contribution < 1.29 is 14.4 Å². The smallest absolute Gasteiger partial charge is 0.325 e. The first-order valence-electron chi connectivity index (χ1n) is 12.2. The van der Waals surface area contributed by atoms with Gasteiger partial charge in [0.05, 0.1) is 18.7 Å². The summed E-state index contributed by atoms with van der Waals surface area (Å²) in [5.41, 5.74) is 0.781. The number of carbonyl (C=O) groups excluding carboxylic acids is 3. The van der Waals surface area contributed by atoms with Crippen molar-refractivity contribution in [3.8, 4) is 0 Å². The molecule has 0 bridgehead atoms. The van der Waals surface area contributed by atoms with Crippen LogP contribution in [0.4, 0.5) is 4.79 Å². The number of carbonyl (C=O) groups is 3. The molecule has 1 aromatic heterocycles. The van der Waals surface area contributed by atoms with Crippen molar-refractivity contribution in [1.29, 1.82) is 0 Å². The van der Waals surface area contributed by atoms with Crippen molar-refractivity contribution in [2.45, 2.75) is 58.0 Å². The predicted octanol–water partition coefficient (Wildman–Crippen LogP) is 3.79. The lowest BCUT2D eigenvalue weighted by atomic mass is 9.73. The Morgan fingerprint density at radius 1 is 1.09 bits per heavy atom. The van der Waals surface area contributed by atoms with Gasteiger partial charge in [-0.1, -0.05) is 50.2 Å². The van der Waals surface area contributed by atoms with Gasteiger partial charge < -0.3 is 10.2 Å². The second-order valence-corrected chi connectivity index (χ2v) is 9.86. The zero-order chi connectivity index (χ0) is 24.1. The number of piperidine rings is 1. The van der Waals surface area contributed by atoms with Crippen LogP contribution in [0.25, 0.3) is 0 Å². The zero-order valence-corrected chi connectivity index (χ0v) is 20.1. The summed E-state index contributed by atoms with van der Waals surface area (Å²) >= 11 is 0. The van der Waals surface area contributed by atoms with Gasteiger partial charge >= 0.3 is 6.03 Å². The minimum Gasteiger partial charge on any atom is -0.342 e. The average Bonchev–Trinajstić information content (AvgIpc) is 3.09. The summed E-state index contributed by atoms with van der Waals surface area (Å²) in [6, 6.07) is 14.9. The fourth-order valence-corrected chi connectivity index (χ4v) is 5.11. The number of likely N-dealkylation sites (tertiary alicyclic amines) is 1. The number of imide groups is 1. The molecule has 7 nitrogen and oxygen atoms in total. The number of amides is 4. The molecule has 180 valence electrons. The van der Waals surface area contributed by atoms with Crippen LogP contribution in [0.15, 0.2) is 54.7 Å². The van der Waals surface area contributed by atoms with Crippen molar-refractivity contribution in [2.75, 3.05) is 13.1 Å². The first-order chi connectivity index (χ1) is 16.4. The summed E-state index contributed by atoms with van der Waals surface area (Å²) < 4.78 is 0. The van der Waals surface area contributed by atoms with Gasteiger partial charge in [0.2, 0.25) is 5.91 Å². The SMILES string of the molecule is CC(C)CCC1(C2CCN(C(=O)Cc3ccccc3)CC2)NC(=O)N(Cc2ccccn2)C1=O. The Morgan fingerprint density at radius 3 is 2.44 bits per heavy atom. The van der Waals surface area contributed by atoms with Gasteiger partial charge in [0.25, 0.3) is 5.91 Å². The lowest BCUT2D eigenvalue weighted by Gasteiger charge is -2.41. The number of nitrogens with zero attached hydrogens (tertiary/aromatic N) is 3. The molecular formula is C27H34N4O3. The molecule has 2 saturated heterocycles. The standard InChI is InChI=1S/C27H34N4O3/c1-20(2)11-14-27(25(33)31(26(34)29-27)19-23-10-6-7-15-28-23)22-12-16-30(17-13-22)24(32)18-21-8-4-3-5-9-21/h3-10,15,20,22H,11-14,16-19H2,1-2H3,(H,29,34). The highest BCUT2D eigenvalue weighted by atomic mass is 16.2. The van der Waals surface area contributed by atoms with Gasteiger partial charge in [0.15, 0.2) is 0 Å². The number of urea groups is 1. The normalized spacial score (nSPS) is 21.3. The van der Waals surface area contributed by atoms with Gasteiger partial charge in [-0.05, 0) is 55.2 Å². The molecule has 2 fully saturated rings.